The Morgan fingerprint density at radius 1 is 1.26 bits per heavy atom. The summed E-state index contributed by atoms with van der Waals surface area (Å²) >= 11 is 3.42. The Kier molecular flexibility index (Phi) is 6.08. The van der Waals surface area contributed by atoms with Crippen molar-refractivity contribution in [3.63, 3.8) is 0 Å². The molecule has 140 valence electrons. The van der Waals surface area contributed by atoms with E-state index < -0.39 is 0 Å². The van der Waals surface area contributed by atoms with Crippen LogP contribution in [-0.4, -0.2) is 23.3 Å². The number of aromatic nitrogens is 2. The molecule has 2 N–H and O–H groups in total. The van der Waals surface area contributed by atoms with Gasteiger partial charge >= 0.3 is 6.03 Å². The number of carbonyl (C=O) groups excluding carboxylic acids is 1. The number of benzene rings is 2. The van der Waals surface area contributed by atoms with Crippen LogP contribution in [0, 0.1) is 0 Å². The van der Waals surface area contributed by atoms with Gasteiger partial charge in [-0.3, -0.25) is 0 Å². The number of rotatable bonds is 6. The minimum atomic E-state index is -0.368. The van der Waals surface area contributed by atoms with Crippen LogP contribution in [-0.2, 0) is 0 Å². The van der Waals surface area contributed by atoms with Crippen LogP contribution in [0.3, 0.4) is 0 Å². The van der Waals surface area contributed by atoms with Gasteiger partial charge in [0.15, 0.2) is 5.82 Å². The number of hydrogen-bond acceptors (Lipinski definition) is 5. The maximum atomic E-state index is 12.3. The van der Waals surface area contributed by atoms with E-state index in [2.05, 4.69) is 36.7 Å². The molecule has 1 atom stereocenters. The second-order valence-electron chi connectivity index (χ2n) is 5.76. The van der Waals surface area contributed by atoms with Gasteiger partial charge in [-0.1, -0.05) is 34.1 Å². The fourth-order valence-corrected chi connectivity index (χ4v) is 2.86. The third-order valence-corrected chi connectivity index (χ3v) is 4.38. The van der Waals surface area contributed by atoms with E-state index in [9.17, 15) is 4.79 Å². The Morgan fingerprint density at radius 2 is 2.04 bits per heavy atom. The first kappa shape index (κ1) is 18.9. The number of nitrogens with one attached hydrogen (secondary N) is 2. The topological polar surface area (TPSA) is 89.3 Å². The van der Waals surface area contributed by atoms with Crippen LogP contribution in [0.25, 0.3) is 11.5 Å². The van der Waals surface area contributed by atoms with Crippen LogP contribution in [0.5, 0.6) is 5.75 Å². The summed E-state index contributed by atoms with van der Waals surface area (Å²) < 4.78 is 11.4. The first-order chi connectivity index (χ1) is 13.1. The van der Waals surface area contributed by atoms with Gasteiger partial charge in [0, 0.05) is 15.7 Å². The van der Waals surface area contributed by atoms with E-state index in [0.29, 0.717) is 23.8 Å². The SMILES string of the molecule is CC[C@H](NC(=O)Nc1ccc(OC)cc1)c1noc(-c2cccc(Br)c2)n1. The zero-order valence-corrected chi connectivity index (χ0v) is 16.5. The molecular formula is C19H19BrN4O3. The first-order valence-electron chi connectivity index (χ1n) is 8.40. The number of anilines is 1. The monoisotopic (exact) mass is 430 g/mol. The highest BCUT2D eigenvalue weighted by molar-refractivity contribution is 9.10. The standard InChI is InChI=1S/C19H19BrN4O3/c1-3-16(22-19(25)21-14-7-9-15(26-2)10-8-14)17-23-18(27-24-17)12-5-4-6-13(20)11-12/h4-11,16H,3H2,1-2H3,(H2,21,22,25)/t16-/m0/s1. The summed E-state index contributed by atoms with van der Waals surface area (Å²) in [4.78, 5) is 16.7. The van der Waals surface area contributed by atoms with E-state index in [1.165, 1.54) is 0 Å². The third kappa shape index (κ3) is 4.85. The van der Waals surface area contributed by atoms with E-state index >= 15 is 0 Å². The lowest BCUT2D eigenvalue weighted by atomic mass is 10.2. The number of nitrogens with zero attached hydrogens (tertiary/aromatic N) is 2. The molecule has 0 aliphatic heterocycles. The van der Waals surface area contributed by atoms with E-state index in [1.54, 1.807) is 31.4 Å². The predicted molar refractivity (Wildman–Crippen MR) is 106 cm³/mol. The number of ether oxygens (including phenoxy) is 1. The van der Waals surface area contributed by atoms with Gasteiger partial charge < -0.3 is 19.9 Å². The van der Waals surface area contributed by atoms with Crippen molar-refractivity contribution < 1.29 is 14.1 Å². The lowest BCUT2D eigenvalue weighted by Crippen LogP contribution is -2.32. The average molecular weight is 431 g/mol. The molecular weight excluding hydrogens is 412 g/mol. The maximum absolute atomic E-state index is 12.3. The van der Waals surface area contributed by atoms with Gasteiger partial charge in [0.05, 0.1) is 13.2 Å². The third-order valence-electron chi connectivity index (χ3n) is 3.89. The maximum Gasteiger partial charge on any atom is 0.319 e. The second-order valence-corrected chi connectivity index (χ2v) is 6.67. The van der Waals surface area contributed by atoms with Crippen molar-refractivity contribution >= 4 is 27.6 Å². The van der Waals surface area contributed by atoms with Crippen LogP contribution in [0.2, 0.25) is 0 Å². The second kappa shape index (κ2) is 8.68. The van der Waals surface area contributed by atoms with Crippen molar-refractivity contribution in [1.82, 2.24) is 15.5 Å². The van der Waals surface area contributed by atoms with E-state index in [-0.39, 0.29) is 12.1 Å². The molecule has 2 aromatic carbocycles. The molecule has 0 saturated carbocycles. The minimum Gasteiger partial charge on any atom is -0.497 e. The van der Waals surface area contributed by atoms with Crippen molar-refractivity contribution in [3.05, 3.63) is 58.8 Å². The number of halogens is 1. The molecule has 0 spiro atoms. The highest BCUT2D eigenvalue weighted by Crippen LogP contribution is 2.23. The normalized spacial score (nSPS) is 11.7. The lowest BCUT2D eigenvalue weighted by molar-refractivity contribution is 0.247. The number of hydrogen-bond donors (Lipinski definition) is 2. The zero-order chi connectivity index (χ0) is 19.2. The molecule has 7 nitrogen and oxygen atoms in total. The molecule has 0 aliphatic carbocycles. The summed E-state index contributed by atoms with van der Waals surface area (Å²) in [5.41, 5.74) is 1.46. The van der Waals surface area contributed by atoms with Gasteiger partial charge in [0.2, 0.25) is 0 Å². The van der Waals surface area contributed by atoms with E-state index in [4.69, 9.17) is 9.26 Å². The molecule has 0 radical (unpaired) electrons. The fourth-order valence-electron chi connectivity index (χ4n) is 2.46. The molecule has 0 unspecified atom stereocenters. The summed E-state index contributed by atoms with van der Waals surface area (Å²) in [5.74, 6) is 1.55. The molecule has 0 bridgehead atoms. The van der Waals surface area contributed by atoms with Crippen molar-refractivity contribution in [1.29, 1.82) is 0 Å². The molecule has 0 fully saturated rings. The summed E-state index contributed by atoms with van der Waals surface area (Å²) in [5, 5.41) is 9.65. The summed E-state index contributed by atoms with van der Waals surface area (Å²) in [6.45, 7) is 1.94. The van der Waals surface area contributed by atoms with Gasteiger partial charge in [-0.25, -0.2) is 4.79 Å². The molecule has 3 rings (SSSR count). The highest BCUT2D eigenvalue weighted by Gasteiger charge is 2.19. The number of amides is 2. The molecule has 2 amide bonds. The van der Waals surface area contributed by atoms with Crippen molar-refractivity contribution in [2.75, 3.05) is 12.4 Å². The van der Waals surface area contributed by atoms with Gasteiger partial charge in [0.1, 0.15) is 5.75 Å². The van der Waals surface area contributed by atoms with Crippen LogP contribution < -0.4 is 15.4 Å². The largest absolute Gasteiger partial charge is 0.497 e. The first-order valence-corrected chi connectivity index (χ1v) is 9.19. The van der Waals surface area contributed by atoms with Crippen LogP contribution in [0.1, 0.15) is 25.2 Å². The Balaban J connectivity index is 1.67. The number of carbonyl (C=O) groups is 1. The van der Waals surface area contributed by atoms with Crippen molar-refractivity contribution in [2.24, 2.45) is 0 Å². The van der Waals surface area contributed by atoms with Crippen molar-refractivity contribution in [2.45, 2.75) is 19.4 Å². The lowest BCUT2D eigenvalue weighted by Gasteiger charge is -2.14. The van der Waals surface area contributed by atoms with E-state index in [0.717, 1.165) is 15.8 Å². The quantitative estimate of drug-likeness (QED) is 0.587. The van der Waals surface area contributed by atoms with Gasteiger partial charge in [-0.15, -0.1) is 0 Å². The van der Waals surface area contributed by atoms with Crippen molar-refractivity contribution in [3.8, 4) is 17.2 Å². The number of methoxy groups -OCH3 is 1. The fraction of sp³-hybridized carbons (Fsp3) is 0.211. The van der Waals surface area contributed by atoms with Crippen LogP contribution in [0.4, 0.5) is 10.5 Å². The molecule has 0 aliphatic rings. The summed E-state index contributed by atoms with van der Waals surface area (Å²) in [6, 6.07) is 13.9. The smallest absolute Gasteiger partial charge is 0.319 e. The Labute approximate surface area is 165 Å². The van der Waals surface area contributed by atoms with Crippen LogP contribution >= 0.6 is 15.9 Å². The number of urea groups is 1. The van der Waals surface area contributed by atoms with E-state index in [1.807, 2.05) is 31.2 Å². The molecule has 0 saturated heterocycles. The predicted octanol–water partition coefficient (Wildman–Crippen LogP) is 4.78. The van der Waals surface area contributed by atoms with Gasteiger partial charge in [-0.2, -0.15) is 4.98 Å². The Bertz CT molecular complexity index is 911. The Hall–Kier alpha value is -2.87. The minimum absolute atomic E-state index is 0.346. The molecule has 1 aromatic heterocycles. The molecule has 1 heterocycles. The van der Waals surface area contributed by atoms with Crippen LogP contribution in [0.15, 0.2) is 57.5 Å². The molecule has 27 heavy (non-hydrogen) atoms. The molecule has 3 aromatic rings. The van der Waals surface area contributed by atoms with Gasteiger partial charge in [0.25, 0.3) is 5.89 Å². The summed E-state index contributed by atoms with van der Waals surface area (Å²) in [7, 11) is 1.59. The van der Waals surface area contributed by atoms with Gasteiger partial charge in [-0.05, 0) is 48.9 Å². The highest BCUT2D eigenvalue weighted by atomic mass is 79.9. The molecule has 8 heteroatoms. The Morgan fingerprint density at radius 3 is 2.70 bits per heavy atom. The average Bonchev–Trinajstić information content (AvgIpc) is 3.17. The summed E-state index contributed by atoms with van der Waals surface area (Å²) in [6.07, 6.45) is 0.619. The zero-order valence-electron chi connectivity index (χ0n) is 14.9.